The number of likely N-dealkylation sites (N-methyl/N-ethyl adjacent to an activating group) is 1. The van der Waals surface area contributed by atoms with Gasteiger partial charge in [0, 0.05) is 44.3 Å². The maximum absolute atomic E-state index is 12.1. The third-order valence-corrected chi connectivity index (χ3v) is 5.54. The molecule has 0 saturated carbocycles. The Bertz CT molecular complexity index is 814. The summed E-state index contributed by atoms with van der Waals surface area (Å²) < 4.78 is 31.7. The van der Waals surface area contributed by atoms with Crippen molar-refractivity contribution in [1.29, 1.82) is 0 Å². The average molecular weight is 378 g/mol. The van der Waals surface area contributed by atoms with Crippen LogP contribution < -0.4 is 0 Å². The van der Waals surface area contributed by atoms with Gasteiger partial charge in [-0.05, 0) is 32.0 Å². The van der Waals surface area contributed by atoms with Gasteiger partial charge in [-0.2, -0.15) is 0 Å². The number of rotatable bonds is 8. The summed E-state index contributed by atoms with van der Waals surface area (Å²) in [6.07, 6.45) is 7.55. The fraction of sp³-hybridized carbons (Fsp3) is 0.556. The van der Waals surface area contributed by atoms with Crippen molar-refractivity contribution in [2.75, 3.05) is 26.5 Å². The minimum Gasteiger partial charge on any atom is -0.376 e. The van der Waals surface area contributed by atoms with Gasteiger partial charge in [-0.3, -0.25) is 4.98 Å². The van der Waals surface area contributed by atoms with Gasteiger partial charge in [0.05, 0.1) is 24.5 Å². The highest BCUT2D eigenvalue weighted by Crippen LogP contribution is 2.19. The number of hydrogen-bond acceptors (Lipinski definition) is 6. The smallest absolute Gasteiger partial charge is 0.227 e. The molecular formula is C18H26N4O3S. The van der Waals surface area contributed by atoms with E-state index in [1.54, 1.807) is 12.4 Å². The molecule has 1 aliphatic heterocycles. The highest BCUT2D eigenvalue weighted by molar-refractivity contribution is 7.90. The quantitative estimate of drug-likeness (QED) is 0.693. The fourth-order valence-corrected chi connectivity index (χ4v) is 4.04. The second-order valence-corrected chi connectivity index (χ2v) is 8.77. The zero-order chi connectivity index (χ0) is 18.6. The Hall–Kier alpha value is -1.77. The molecule has 0 amide bonds. The van der Waals surface area contributed by atoms with Gasteiger partial charge >= 0.3 is 0 Å². The molecule has 0 spiro atoms. The number of sulfone groups is 1. The largest absolute Gasteiger partial charge is 0.376 e. The molecule has 0 radical (unpaired) electrons. The predicted octanol–water partition coefficient (Wildman–Crippen LogP) is 1.54. The predicted molar refractivity (Wildman–Crippen MR) is 98.6 cm³/mol. The molecule has 7 nitrogen and oxygen atoms in total. The molecule has 1 saturated heterocycles. The Balaban J connectivity index is 1.70. The van der Waals surface area contributed by atoms with Crippen molar-refractivity contribution in [2.24, 2.45) is 0 Å². The molecule has 2 aromatic rings. The van der Waals surface area contributed by atoms with Gasteiger partial charge in [0.1, 0.15) is 0 Å². The number of nitrogens with zero attached hydrogens (tertiary/aromatic N) is 4. The van der Waals surface area contributed by atoms with Gasteiger partial charge in [-0.25, -0.2) is 13.4 Å². The zero-order valence-corrected chi connectivity index (χ0v) is 16.2. The Morgan fingerprint density at radius 2 is 2.19 bits per heavy atom. The molecule has 2 aromatic heterocycles. The molecule has 0 aromatic carbocycles. The molecule has 0 unspecified atom stereocenters. The lowest BCUT2D eigenvalue weighted by molar-refractivity contribution is 0.0935. The van der Waals surface area contributed by atoms with E-state index in [1.165, 1.54) is 6.26 Å². The molecular weight excluding hydrogens is 352 g/mol. The molecule has 26 heavy (non-hydrogen) atoms. The second-order valence-electron chi connectivity index (χ2n) is 6.86. The molecule has 1 fully saturated rings. The highest BCUT2D eigenvalue weighted by Gasteiger charge is 2.24. The van der Waals surface area contributed by atoms with E-state index in [2.05, 4.69) is 14.9 Å². The molecule has 0 bridgehead atoms. The first-order valence-corrected chi connectivity index (χ1v) is 10.8. The molecule has 142 valence electrons. The van der Waals surface area contributed by atoms with Crippen LogP contribution in [0.15, 0.2) is 35.7 Å². The molecule has 1 aliphatic rings. The lowest BCUT2D eigenvalue weighted by atomic mass is 10.2. The van der Waals surface area contributed by atoms with Gasteiger partial charge in [0.2, 0.25) is 15.0 Å². The number of ether oxygens (including phenoxy) is 1. The number of aromatic nitrogens is 3. The van der Waals surface area contributed by atoms with Crippen LogP contribution in [0.25, 0.3) is 0 Å². The lowest BCUT2D eigenvalue weighted by Crippen LogP contribution is -2.25. The third-order valence-electron chi connectivity index (χ3n) is 4.55. The van der Waals surface area contributed by atoms with Crippen molar-refractivity contribution in [3.8, 4) is 0 Å². The monoisotopic (exact) mass is 378 g/mol. The number of hydrogen-bond donors (Lipinski definition) is 0. The first kappa shape index (κ1) is 19.0. The van der Waals surface area contributed by atoms with E-state index >= 15 is 0 Å². The van der Waals surface area contributed by atoms with Crippen LogP contribution in [0.5, 0.6) is 0 Å². The highest BCUT2D eigenvalue weighted by atomic mass is 32.2. The Morgan fingerprint density at radius 1 is 1.35 bits per heavy atom. The van der Waals surface area contributed by atoms with Gasteiger partial charge in [0.15, 0.2) is 0 Å². The van der Waals surface area contributed by atoms with Crippen LogP contribution in [0.1, 0.15) is 24.2 Å². The first-order valence-electron chi connectivity index (χ1n) is 8.88. The summed E-state index contributed by atoms with van der Waals surface area (Å²) in [6, 6.07) is 5.90. The molecule has 8 heteroatoms. The topological polar surface area (TPSA) is 77.3 Å². The van der Waals surface area contributed by atoms with Crippen molar-refractivity contribution in [2.45, 2.75) is 43.6 Å². The van der Waals surface area contributed by atoms with Crippen LogP contribution in [0.3, 0.4) is 0 Å². The maximum Gasteiger partial charge on any atom is 0.227 e. The normalized spacial score (nSPS) is 17.9. The van der Waals surface area contributed by atoms with Crippen LogP contribution in [0, 0.1) is 0 Å². The standard InChI is InChI=1S/C18H26N4O3S/c1-21(10-8-15-6-3-4-9-19-15)13-16-12-20-18(26(2,23)24)22(16)14-17-7-5-11-25-17/h3-4,6,9,12,17H,5,7-8,10-11,13-14H2,1-2H3/t17-/m0/s1. The number of imidazole rings is 1. The van der Waals surface area contributed by atoms with E-state index in [0.717, 1.165) is 43.8 Å². The summed E-state index contributed by atoms with van der Waals surface area (Å²) in [4.78, 5) is 10.7. The molecule has 3 heterocycles. The van der Waals surface area contributed by atoms with Crippen molar-refractivity contribution >= 4 is 9.84 Å². The first-order chi connectivity index (χ1) is 12.4. The average Bonchev–Trinajstić information content (AvgIpc) is 3.24. The molecule has 1 atom stereocenters. The van der Waals surface area contributed by atoms with Crippen LogP contribution in [-0.4, -0.2) is 60.4 Å². The van der Waals surface area contributed by atoms with E-state index in [1.807, 2.05) is 29.8 Å². The maximum atomic E-state index is 12.1. The van der Waals surface area contributed by atoms with Gasteiger partial charge in [0.25, 0.3) is 0 Å². The Morgan fingerprint density at radius 3 is 2.85 bits per heavy atom. The second kappa shape index (κ2) is 8.28. The van der Waals surface area contributed by atoms with E-state index in [-0.39, 0.29) is 11.3 Å². The van der Waals surface area contributed by atoms with Gasteiger partial charge in [-0.1, -0.05) is 6.07 Å². The summed E-state index contributed by atoms with van der Waals surface area (Å²) in [5, 5.41) is 0.126. The fourth-order valence-electron chi connectivity index (χ4n) is 3.21. The lowest BCUT2D eigenvalue weighted by Gasteiger charge is -2.20. The van der Waals surface area contributed by atoms with Crippen LogP contribution in [-0.2, 0) is 34.1 Å². The minimum absolute atomic E-state index is 0.0577. The zero-order valence-electron chi connectivity index (χ0n) is 15.3. The van der Waals surface area contributed by atoms with E-state index < -0.39 is 9.84 Å². The van der Waals surface area contributed by atoms with Crippen LogP contribution in [0.2, 0.25) is 0 Å². The van der Waals surface area contributed by atoms with Crippen LogP contribution in [0.4, 0.5) is 0 Å². The van der Waals surface area contributed by atoms with Crippen molar-refractivity contribution in [1.82, 2.24) is 19.4 Å². The van der Waals surface area contributed by atoms with Crippen molar-refractivity contribution in [3.05, 3.63) is 42.0 Å². The van der Waals surface area contributed by atoms with Crippen molar-refractivity contribution < 1.29 is 13.2 Å². The van der Waals surface area contributed by atoms with Gasteiger partial charge < -0.3 is 14.2 Å². The Labute approximate surface area is 154 Å². The summed E-state index contributed by atoms with van der Waals surface area (Å²) >= 11 is 0. The summed E-state index contributed by atoms with van der Waals surface area (Å²) in [6.45, 7) is 2.73. The van der Waals surface area contributed by atoms with E-state index in [4.69, 9.17) is 4.74 Å². The molecule has 3 rings (SSSR count). The van der Waals surface area contributed by atoms with Gasteiger partial charge in [-0.15, -0.1) is 0 Å². The SMILES string of the molecule is CN(CCc1ccccn1)Cc1cnc(S(C)(=O)=O)n1C[C@@H]1CCCO1. The Kier molecular flexibility index (Phi) is 6.05. The van der Waals surface area contributed by atoms with E-state index in [9.17, 15) is 8.42 Å². The minimum atomic E-state index is -3.38. The third kappa shape index (κ3) is 4.90. The molecule has 0 aliphatic carbocycles. The molecule has 0 N–H and O–H groups in total. The summed E-state index contributed by atoms with van der Waals surface area (Å²) in [7, 11) is -1.36. The summed E-state index contributed by atoms with van der Waals surface area (Å²) in [5.41, 5.74) is 1.94. The number of pyridine rings is 1. The summed E-state index contributed by atoms with van der Waals surface area (Å²) in [5.74, 6) is 0. The van der Waals surface area contributed by atoms with E-state index in [0.29, 0.717) is 13.1 Å². The van der Waals surface area contributed by atoms with Crippen LogP contribution >= 0.6 is 0 Å². The van der Waals surface area contributed by atoms with Crippen molar-refractivity contribution in [3.63, 3.8) is 0 Å².